The fraction of sp³-hybridized carbons (Fsp3) is 1.00. The molecule has 0 aromatic rings. The molecule has 0 unspecified atom stereocenters. The molecule has 0 aromatic heterocycles. The Labute approximate surface area is 113 Å². The van der Waals surface area contributed by atoms with Crippen LogP contribution in [0.3, 0.4) is 0 Å². The largest absolute Gasteiger partial charge is 0.389 e. The predicted molar refractivity (Wildman–Crippen MR) is 77.9 cm³/mol. The fourth-order valence-electron chi connectivity index (χ4n) is 2.55. The highest BCUT2D eigenvalue weighted by atomic mass is 16.3. The summed E-state index contributed by atoms with van der Waals surface area (Å²) in [5, 5.41) is 9.81. The van der Waals surface area contributed by atoms with Gasteiger partial charge in [-0.25, -0.2) is 0 Å². The quantitative estimate of drug-likeness (QED) is 0.817. The first-order chi connectivity index (χ1) is 8.16. The second-order valence-electron chi connectivity index (χ2n) is 7.59. The lowest BCUT2D eigenvalue weighted by Crippen LogP contribution is -2.50. The molecule has 0 bridgehead atoms. The molecule has 1 fully saturated rings. The molecule has 1 N–H and O–H groups in total. The molecule has 1 saturated heterocycles. The molecule has 0 aliphatic carbocycles. The number of piperazine rings is 1. The molecule has 0 saturated carbocycles. The number of rotatable bonds is 5. The van der Waals surface area contributed by atoms with Crippen molar-refractivity contribution < 1.29 is 5.11 Å². The third-order valence-electron chi connectivity index (χ3n) is 3.48. The molecular formula is C15H32N2O. The van der Waals surface area contributed by atoms with Gasteiger partial charge in [0.05, 0.1) is 5.60 Å². The molecule has 3 heteroatoms. The van der Waals surface area contributed by atoms with Gasteiger partial charge in [0, 0.05) is 32.7 Å². The van der Waals surface area contributed by atoms with Gasteiger partial charge in [0.2, 0.25) is 0 Å². The van der Waals surface area contributed by atoms with Crippen molar-refractivity contribution in [3.63, 3.8) is 0 Å². The molecule has 108 valence electrons. The molecule has 0 radical (unpaired) electrons. The van der Waals surface area contributed by atoms with Crippen molar-refractivity contribution >= 4 is 0 Å². The topological polar surface area (TPSA) is 26.7 Å². The van der Waals surface area contributed by atoms with Crippen molar-refractivity contribution in [2.45, 2.75) is 53.1 Å². The maximum atomic E-state index is 9.81. The van der Waals surface area contributed by atoms with Crippen LogP contribution in [0.25, 0.3) is 0 Å². The maximum Gasteiger partial charge on any atom is 0.0718 e. The van der Waals surface area contributed by atoms with E-state index in [1.807, 2.05) is 13.8 Å². The van der Waals surface area contributed by atoms with E-state index < -0.39 is 5.60 Å². The lowest BCUT2D eigenvalue weighted by atomic mass is 9.90. The normalized spacial score (nSPS) is 20.3. The summed E-state index contributed by atoms with van der Waals surface area (Å²) in [7, 11) is 0. The zero-order valence-electron chi connectivity index (χ0n) is 13.0. The number of nitrogens with zero attached hydrogens (tertiary/aromatic N) is 2. The van der Waals surface area contributed by atoms with E-state index in [0.717, 1.165) is 32.7 Å². The van der Waals surface area contributed by atoms with E-state index in [-0.39, 0.29) is 0 Å². The van der Waals surface area contributed by atoms with Gasteiger partial charge >= 0.3 is 0 Å². The Balaban J connectivity index is 2.16. The Morgan fingerprint density at radius 1 is 0.889 bits per heavy atom. The van der Waals surface area contributed by atoms with E-state index in [0.29, 0.717) is 5.41 Å². The second-order valence-corrected chi connectivity index (χ2v) is 7.59. The maximum absolute atomic E-state index is 9.81. The second kappa shape index (κ2) is 6.36. The molecule has 1 heterocycles. The lowest BCUT2D eigenvalue weighted by molar-refractivity contribution is 0.0173. The van der Waals surface area contributed by atoms with Crippen LogP contribution < -0.4 is 0 Å². The Morgan fingerprint density at radius 3 is 1.83 bits per heavy atom. The van der Waals surface area contributed by atoms with Gasteiger partial charge in [0.25, 0.3) is 0 Å². The average molecular weight is 256 g/mol. The summed E-state index contributed by atoms with van der Waals surface area (Å²) in [5.74, 6) is 0. The van der Waals surface area contributed by atoms with Crippen LogP contribution in [0.15, 0.2) is 0 Å². The zero-order chi connectivity index (χ0) is 13.8. The van der Waals surface area contributed by atoms with Crippen molar-refractivity contribution in [1.82, 2.24) is 9.80 Å². The van der Waals surface area contributed by atoms with Gasteiger partial charge < -0.3 is 10.0 Å². The van der Waals surface area contributed by atoms with Gasteiger partial charge in [0.15, 0.2) is 0 Å². The van der Waals surface area contributed by atoms with Gasteiger partial charge in [0.1, 0.15) is 0 Å². The van der Waals surface area contributed by atoms with Crippen molar-refractivity contribution in [3.8, 4) is 0 Å². The van der Waals surface area contributed by atoms with E-state index in [1.165, 1.54) is 19.4 Å². The van der Waals surface area contributed by atoms with Crippen molar-refractivity contribution in [2.75, 3.05) is 39.3 Å². The number of hydrogen-bond donors (Lipinski definition) is 1. The molecule has 3 nitrogen and oxygen atoms in total. The molecule has 0 aromatic carbocycles. The molecule has 1 rings (SSSR count). The third-order valence-corrected chi connectivity index (χ3v) is 3.48. The molecule has 18 heavy (non-hydrogen) atoms. The number of β-amino-alcohol motifs (C(OH)–C–C–N with tert-alkyl or cyclic N) is 1. The summed E-state index contributed by atoms with van der Waals surface area (Å²) >= 11 is 0. The van der Waals surface area contributed by atoms with Crippen molar-refractivity contribution in [1.29, 1.82) is 0 Å². The van der Waals surface area contributed by atoms with Gasteiger partial charge in [-0.3, -0.25) is 4.90 Å². The van der Waals surface area contributed by atoms with E-state index in [4.69, 9.17) is 0 Å². The average Bonchev–Trinajstić information content (AvgIpc) is 2.16. The first kappa shape index (κ1) is 15.9. The van der Waals surface area contributed by atoms with Gasteiger partial charge in [-0.15, -0.1) is 0 Å². The van der Waals surface area contributed by atoms with Crippen LogP contribution in [-0.4, -0.2) is 59.8 Å². The Hall–Kier alpha value is -0.120. The Morgan fingerprint density at radius 2 is 1.39 bits per heavy atom. The smallest absolute Gasteiger partial charge is 0.0718 e. The fourth-order valence-corrected chi connectivity index (χ4v) is 2.55. The first-order valence-corrected chi connectivity index (χ1v) is 7.33. The highest BCUT2D eigenvalue weighted by Gasteiger charge is 2.22. The summed E-state index contributed by atoms with van der Waals surface area (Å²) in [6.07, 6.45) is 2.60. The van der Waals surface area contributed by atoms with Crippen LogP contribution in [0.1, 0.15) is 47.5 Å². The van der Waals surface area contributed by atoms with Gasteiger partial charge in [-0.1, -0.05) is 20.8 Å². The van der Waals surface area contributed by atoms with Crippen LogP contribution in [0.5, 0.6) is 0 Å². The predicted octanol–water partition coefficient (Wildman–Crippen LogP) is 2.20. The Kier molecular flexibility index (Phi) is 5.63. The van der Waals surface area contributed by atoms with Crippen LogP contribution in [0.2, 0.25) is 0 Å². The highest BCUT2D eigenvalue weighted by Crippen LogP contribution is 2.20. The zero-order valence-corrected chi connectivity index (χ0v) is 13.0. The van der Waals surface area contributed by atoms with E-state index >= 15 is 0 Å². The monoisotopic (exact) mass is 256 g/mol. The summed E-state index contributed by atoms with van der Waals surface area (Å²) < 4.78 is 0. The SMILES string of the molecule is CC(C)(C)CCCN1CCN(CC(C)(C)O)CC1. The number of aliphatic hydroxyl groups is 1. The summed E-state index contributed by atoms with van der Waals surface area (Å²) in [6, 6.07) is 0. The van der Waals surface area contributed by atoms with E-state index in [9.17, 15) is 5.11 Å². The molecule has 0 spiro atoms. The minimum Gasteiger partial charge on any atom is -0.389 e. The van der Waals surface area contributed by atoms with E-state index in [2.05, 4.69) is 30.6 Å². The van der Waals surface area contributed by atoms with Crippen molar-refractivity contribution in [2.24, 2.45) is 5.41 Å². The van der Waals surface area contributed by atoms with Gasteiger partial charge in [-0.05, 0) is 38.6 Å². The summed E-state index contributed by atoms with van der Waals surface area (Å²) in [4.78, 5) is 4.94. The Bertz CT molecular complexity index is 232. The third kappa shape index (κ3) is 7.34. The minimum absolute atomic E-state index is 0.461. The van der Waals surface area contributed by atoms with Crippen LogP contribution in [0, 0.1) is 5.41 Å². The number of hydrogen-bond acceptors (Lipinski definition) is 3. The van der Waals surface area contributed by atoms with Gasteiger partial charge in [-0.2, -0.15) is 0 Å². The van der Waals surface area contributed by atoms with Crippen LogP contribution in [-0.2, 0) is 0 Å². The highest BCUT2D eigenvalue weighted by molar-refractivity contribution is 4.78. The van der Waals surface area contributed by atoms with Crippen LogP contribution >= 0.6 is 0 Å². The van der Waals surface area contributed by atoms with Crippen LogP contribution in [0.4, 0.5) is 0 Å². The van der Waals surface area contributed by atoms with E-state index in [1.54, 1.807) is 0 Å². The first-order valence-electron chi connectivity index (χ1n) is 7.33. The summed E-state index contributed by atoms with van der Waals surface area (Å²) in [5.41, 5.74) is -0.100. The van der Waals surface area contributed by atoms with Crippen molar-refractivity contribution in [3.05, 3.63) is 0 Å². The molecular weight excluding hydrogens is 224 g/mol. The molecule has 0 atom stereocenters. The minimum atomic E-state index is -0.561. The summed E-state index contributed by atoms with van der Waals surface area (Å²) in [6.45, 7) is 17.2. The standard InChI is InChI=1S/C15H32N2O/c1-14(2,3)7-6-8-16-9-11-17(12-10-16)13-15(4,5)18/h18H,6-13H2,1-5H3. The molecule has 1 aliphatic heterocycles. The molecule has 1 aliphatic rings. The molecule has 0 amide bonds. The lowest BCUT2D eigenvalue weighted by Gasteiger charge is -2.37.